The summed E-state index contributed by atoms with van der Waals surface area (Å²) in [5.41, 5.74) is 1.00. The summed E-state index contributed by atoms with van der Waals surface area (Å²) in [5, 5.41) is 20.1. The Hall–Kier alpha value is -1.18. The van der Waals surface area contributed by atoms with Crippen LogP contribution in [0.3, 0.4) is 0 Å². The van der Waals surface area contributed by atoms with Crippen LogP contribution in [0.2, 0.25) is 0 Å². The van der Waals surface area contributed by atoms with Crippen molar-refractivity contribution < 1.29 is 29.2 Å². The van der Waals surface area contributed by atoms with E-state index < -0.39 is 29.9 Å². The Morgan fingerprint density at radius 3 is 2.59 bits per heavy atom. The lowest BCUT2D eigenvalue weighted by molar-refractivity contribution is -0.275. The van der Waals surface area contributed by atoms with Crippen LogP contribution in [-0.2, 0) is 14.2 Å². The van der Waals surface area contributed by atoms with E-state index in [1.54, 1.807) is 13.8 Å². The lowest BCUT2D eigenvalue weighted by Crippen LogP contribution is -2.43. The Morgan fingerprint density at radius 2 is 1.95 bits per heavy atom. The van der Waals surface area contributed by atoms with E-state index in [2.05, 4.69) is 0 Å². The normalized spacial score (nSPS) is 36.3. The predicted octanol–water partition coefficient (Wildman–Crippen LogP) is 0.974. The molecular weight excluding hydrogens is 288 g/mol. The number of ether oxygens (including phenoxy) is 4. The van der Waals surface area contributed by atoms with E-state index in [1.165, 1.54) is 0 Å². The molecule has 2 aliphatic heterocycles. The highest BCUT2D eigenvalue weighted by molar-refractivity contribution is 5.31. The highest BCUT2D eigenvalue weighted by atomic mass is 16.9. The summed E-state index contributed by atoms with van der Waals surface area (Å²) < 4.78 is 22.8. The zero-order valence-corrected chi connectivity index (χ0v) is 13.0. The average molecular weight is 310 g/mol. The van der Waals surface area contributed by atoms with E-state index in [0.29, 0.717) is 0 Å². The van der Waals surface area contributed by atoms with Crippen molar-refractivity contribution in [3.63, 3.8) is 0 Å². The number of aryl methyl sites for hydroxylation is 1. The fourth-order valence-electron chi connectivity index (χ4n) is 3.02. The van der Waals surface area contributed by atoms with Crippen LogP contribution in [0.25, 0.3) is 0 Å². The van der Waals surface area contributed by atoms with Crippen LogP contribution in [0.5, 0.6) is 5.75 Å². The first-order chi connectivity index (χ1) is 10.4. The van der Waals surface area contributed by atoms with E-state index in [0.717, 1.165) is 11.3 Å². The smallest absolute Gasteiger partial charge is 0.224 e. The highest BCUT2D eigenvalue weighted by Crippen LogP contribution is 2.45. The summed E-state index contributed by atoms with van der Waals surface area (Å²) in [6.07, 6.45) is -2.30. The maximum atomic E-state index is 10.4. The second-order valence-electron chi connectivity index (χ2n) is 6.23. The number of rotatable bonds is 4. The molecule has 0 aliphatic carbocycles. The third-order valence-corrected chi connectivity index (χ3v) is 4.02. The minimum Gasteiger partial charge on any atom is -0.491 e. The first kappa shape index (κ1) is 15.7. The third kappa shape index (κ3) is 2.61. The number of hydrogen-bond acceptors (Lipinski definition) is 6. The van der Waals surface area contributed by atoms with Gasteiger partial charge in [0.2, 0.25) is 5.79 Å². The van der Waals surface area contributed by atoms with Crippen molar-refractivity contribution in [1.29, 1.82) is 0 Å². The molecule has 0 unspecified atom stereocenters. The van der Waals surface area contributed by atoms with Crippen molar-refractivity contribution in [3.05, 3.63) is 29.8 Å². The molecule has 4 atom stereocenters. The van der Waals surface area contributed by atoms with Gasteiger partial charge in [0, 0.05) is 0 Å². The van der Waals surface area contributed by atoms with Gasteiger partial charge in [0.1, 0.15) is 37.3 Å². The molecule has 6 nitrogen and oxygen atoms in total. The van der Waals surface area contributed by atoms with Gasteiger partial charge in [-0.1, -0.05) is 18.2 Å². The van der Waals surface area contributed by atoms with Crippen molar-refractivity contribution >= 4 is 0 Å². The lowest BCUT2D eigenvalue weighted by atomic mass is 10.1. The predicted molar refractivity (Wildman–Crippen MR) is 77.4 cm³/mol. The maximum Gasteiger partial charge on any atom is 0.224 e. The Kier molecular flexibility index (Phi) is 3.91. The second-order valence-corrected chi connectivity index (χ2v) is 6.23. The minimum absolute atomic E-state index is 0.150. The van der Waals surface area contributed by atoms with Crippen LogP contribution >= 0.6 is 0 Å². The van der Waals surface area contributed by atoms with Gasteiger partial charge in [-0.3, -0.25) is 0 Å². The SMILES string of the molecule is Cc1ccccc1OC[C@@H]1O[C@@]2(CO)OC(C)(C)O[C@H]2[C@@H]1O. The molecule has 0 radical (unpaired) electrons. The van der Waals surface area contributed by atoms with Crippen molar-refractivity contribution in [3.8, 4) is 5.75 Å². The van der Waals surface area contributed by atoms with Crippen LogP contribution in [0.4, 0.5) is 0 Å². The zero-order chi connectivity index (χ0) is 16.0. The van der Waals surface area contributed by atoms with Gasteiger partial charge < -0.3 is 29.2 Å². The van der Waals surface area contributed by atoms with Gasteiger partial charge in [-0.2, -0.15) is 0 Å². The maximum absolute atomic E-state index is 10.4. The van der Waals surface area contributed by atoms with E-state index >= 15 is 0 Å². The quantitative estimate of drug-likeness (QED) is 0.863. The molecule has 22 heavy (non-hydrogen) atoms. The number of benzene rings is 1. The molecule has 122 valence electrons. The number of fused-ring (bicyclic) bond motifs is 1. The molecule has 2 N–H and O–H groups in total. The largest absolute Gasteiger partial charge is 0.491 e. The van der Waals surface area contributed by atoms with Crippen LogP contribution in [0.15, 0.2) is 24.3 Å². The molecule has 0 bridgehead atoms. The molecule has 0 aromatic heterocycles. The van der Waals surface area contributed by atoms with Crippen LogP contribution in [-0.4, -0.2) is 53.3 Å². The summed E-state index contributed by atoms with van der Waals surface area (Å²) in [7, 11) is 0. The Labute approximate surface area is 129 Å². The molecule has 2 heterocycles. The minimum atomic E-state index is -1.33. The molecule has 0 amide bonds. The molecule has 0 saturated carbocycles. The molecule has 0 spiro atoms. The summed E-state index contributed by atoms with van der Waals surface area (Å²) in [6.45, 7) is 5.14. The molecule has 6 heteroatoms. The zero-order valence-electron chi connectivity index (χ0n) is 13.0. The van der Waals surface area contributed by atoms with Crippen molar-refractivity contribution in [1.82, 2.24) is 0 Å². The van der Waals surface area contributed by atoms with Gasteiger partial charge in [0.15, 0.2) is 5.79 Å². The summed E-state index contributed by atoms with van der Waals surface area (Å²) in [4.78, 5) is 0. The number of aliphatic hydroxyl groups excluding tert-OH is 2. The van der Waals surface area contributed by atoms with Crippen molar-refractivity contribution in [2.24, 2.45) is 0 Å². The molecular formula is C16H22O6. The van der Waals surface area contributed by atoms with Gasteiger partial charge >= 0.3 is 0 Å². The third-order valence-electron chi connectivity index (χ3n) is 4.02. The number of hydrogen-bond donors (Lipinski definition) is 2. The van der Waals surface area contributed by atoms with E-state index in [1.807, 2.05) is 31.2 Å². The summed E-state index contributed by atoms with van der Waals surface area (Å²) in [5.74, 6) is -1.51. The average Bonchev–Trinajstić information content (AvgIpc) is 2.88. The molecule has 2 saturated heterocycles. The number of para-hydroxylation sites is 1. The fraction of sp³-hybridized carbons (Fsp3) is 0.625. The fourth-order valence-corrected chi connectivity index (χ4v) is 3.02. The molecule has 2 aliphatic rings. The van der Waals surface area contributed by atoms with Crippen LogP contribution < -0.4 is 4.74 Å². The second kappa shape index (κ2) is 5.47. The molecule has 1 aromatic carbocycles. The topological polar surface area (TPSA) is 77.4 Å². The Balaban J connectivity index is 1.69. The van der Waals surface area contributed by atoms with E-state index in [9.17, 15) is 10.2 Å². The molecule has 1 aromatic rings. The van der Waals surface area contributed by atoms with E-state index in [4.69, 9.17) is 18.9 Å². The standard InChI is InChI=1S/C16H22O6/c1-10-6-4-5-7-11(10)19-8-12-13(18)14-16(9-17,20-12)22-15(2,3)21-14/h4-7,12-14,17-18H,8-9H2,1-3H3/t12-,13+,14-,16-/m0/s1. The molecule has 3 rings (SSSR count). The van der Waals surface area contributed by atoms with Crippen molar-refractivity contribution in [2.75, 3.05) is 13.2 Å². The first-order valence-corrected chi connectivity index (χ1v) is 7.40. The van der Waals surface area contributed by atoms with Gasteiger partial charge in [0.05, 0.1) is 0 Å². The monoisotopic (exact) mass is 310 g/mol. The van der Waals surface area contributed by atoms with Gasteiger partial charge in [-0.25, -0.2) is 0 Å². The highest BCUT2D eigenvalue weighted by Gasteiger charge is 2.64. The van der Waals surface area contributed by atoms with Crippen LogP contribution in [0.1, 0.15) is 19.4 Å². The van der Waals surface area contributed by atoms with E-state index in [-0.39, 0.29) is 13.2 Å². The Morgan fingerprint density at radius 1 is 1.23 bits per heavy atom. The molecule has 2 fully saturated rings. The first-order valence-electron chi connectivity index (χ1n) is 7.40. The van der Waals surface area contributed by atoms with Gasteiger partial charge in [0.25, 0.3) is 0 Å². The lowest BCUT2D eigenvalue weighted by Gasteiger charge is -2.27. The Bertz CT molecular complexity index is 545. The summed E-state index contributed by atoms with van der Waals surface area (Å²) in [6, 6.07) is 7.61. The number of aliphatic hydroxyl groups is 2. The summed E-state index contributed by atoms with van der Waals surface area (Å²) >= 11 is 0. The van der Waals surface area contributed by atoms with Gasteiger partial charge in [-0.15, -0.1) is 0 Å². The van der Waals surface area contributed by atoms with Crippen molar-refractivity contribution in [2.45, 2.75) is 50.7 Å². The van der Waals surface area contributed by atoms with Crippen LogP contribution in [0, 0.1) is 6.92 Å². The van der Waals surface area contributed by atoms with Gasteiger partial charge in [-0.05, 0) is 32.4 Å².